The van der Waals surface area contributed by atoms with Gasteiger partial charge in [-0.3, -0.25) is 0 Å². The molecule has 0 saturated heterocycles. The summed E-state index contributed by atoms with van der Waals surface area (Å²) in [6, 6.07) is 1.16. The molecule has 1 aromatic carbocycles. The zero-order chi connectivity index (χ0) is 12.3. The Bertz CT molecular complexity index is 382. The van der Waals surface area contributed by atoms with Crippen LogP contribution in [0, 0.1) is 5.82 Å². The molecule has 0 aromatic heterocycles. The predicted octanol–water partition coefficient (Wildman–Crippen LogP) is 2.59. The molecule has 0 aliphatic carbocycles. The third-order valence-electron chi connectivity index (χ3n) is 2.36. The van der Waals surface area contributed by atoms with Gasteiger partial charge >= 0.3 is 0 Å². The lowest BCUT2D eigenvalue weighted by Crippen LogP contribution is -2.05. The van der Waals surface area contributed by atoms with Crippen LogP contribution in [0.5, 0.6) is 11.5 Å². The van der Waals surface area contributed by atoms with Gasteiger partial charge in [0.05, 0.1) is 19.2 Å². The number of hydrogen-bond donors (Lipinski definition) is 1. The third-order valence-corrected chi connectivity index (χ3v) is 2.75. The maximum Gasteiger partial charge on any atom is 0.165 e. The van der Waals surface area contributed by atoms with Crippen LogP contribution >= 0.6 is 11.6 Å². The van der Waals surface area contributed by atoms with Crippen LogP contribution in [0.4, 0.5) is 4.39 Å². The Morgan fingerprint density at radius 1 is 1.44 bits per heavy atom. The van der Waals surface area contributed by atoms with Gasteiger partial charge in [-0.15, -0.1) is 0 Å². The van der Waals surface area contributed by atoms with Crippen molar-refractivity contribution in [2.75, 3.05) is 20.8 Å². The quantitative estimate of drug-likeness (QED) is 0.890. The van der Waals surface area contributed by atoms with E-state index in [0.29, 0.717) is 11.3 Å². The summed E-state index contributed by atoms with van der Waals surface area (Å²) in [4.78, 5) is 0. The first-order chi connectivity index (χ1) is 7.56. The molecular weight excluding hydrogens is 235 g/mol. The number of halogens is 2. The molecule has 0 bridgehead atoms. The summed E-state index contributed by atoms with van der Waals surface area (Å²) in [5.74, 6) is -0.295. The van der Waals surface area contributed by atoms with Gasteiger partial charge in [0.2, 0.25) is 0 Å². The molecule has 3 nitrogen and oxygen atoms in total. The van der Waals surface area contributed by atoms with Gasteiger partial charge in [-0.2, -0.15) is 0 Å². The fraction of sp³-hybridized carbons (Fsp3) is 0.455. The van der Waals surface area contributed by atoms with E-state index in [1.807, 2.05) is 0 Å². The average molecular weight is 249 g/mol. The molecule has 0 heterocycles. The zero-order valence-electron chi connectivity index (χ0n) is 9.38. The number of ether oxygens (including phenoxy) is 2. The lowest BCUT2D eigenvalue weighted by molar-refractivity contribution is 0.267. The largest absolute Gasteiger partial charge is 0.493 e. The molecule has 1 aromatic rings. The van der Waals surface area contributed by atoms with E-state index in [2.05, 4.69) is 0 Å². The van der Waals surface area contributed by atoms with Gasteiger partial charge in [0.15, 0.2) is 11.5 Å². The van der Waals surface area contributed by atoms with Gasteiger partial charge in [0.1, 0.15) is 5.82 Å². The number of aliphatic hydroxyl groups is 1. The zero-order valence-corrected chi connectivity index (χ0v) is 10.1. The van der Waals surface area contributed by atoms with Gasteiger partial charge in [0.25, 0.3) is 0 Å². The molecule has 0 saturated carbocycles. The first-order valence-corrected chi connectivity index (χ1v) is 5.15. The highest BCUT2D eigenvalue weighted by Gasteiger charge is 2.22. The van der Waals surface area contributed by atoms with Crippen molar-refractivity contribution in [1.29, 1.82) is 0 Å². The van der Waals surface area contributed by atoms with Crippen molar-refractivity contribution in [2.45, 2.75) is 12.8 Å². The Kier molecular flexibility index (Phi) is 4.38. The Balaban J connectivity index is 3.46. The van der Waals surface area contributed by atoms with E-state index in [9.17, 15) is 4.39 Å². The van der Waals surface area contributed by atoms with Crippen LogP contribution < -0.4 is 9.47 Å². The predicted molar refractivity (Wildman–Crippen MR) is 60.0 cm³/mol. The second-order valence-corrected chi connectivity index (χ2v) is 3.78. The SMILES string of the molecule is COc1cc(F)c(Cl)c(C(C)CO)c1OC. The first kappa shape index (κ1) is 13.1. The second kappa shape index (κ2) is 5.37. The van der Waals surface area contributed by atoms with E-state index >= 15 is 0 Å². The number of methoxy groups -OCH3 is 2. The van der Waals surface area contributed by atoms with Gasteiger partial charge in [-0.05, 0) is 0 Å². The summed E-state index contributed by atoms with van der Waals surface area (Å²) in [5, 5.41) is 9.07. The Labute approximate surface area is 98.7 Å². The lowest BCUT2D eigenvalue weighted by atomic mass is 10.00. The highest BCUT2D eigenvalue weighted by atomic mass is 35.5. The minimum atomic E-state index is -0.588. The third kappa shape index (κ3) is 2.23. The van der Waals surface area contributed by atoms with Crippen molar-refractivity contribution in [1.82, 2.24) is 0 Å². The molecule has 0 aliphatic rings. The Morgan fingerprint density at radius 3 is 2.50 bits per heavy atom. The molecule has 1 rings (SSSR count). The summed E-state index contributed by atoms with van der Waals surface area (Å²) in [6.45, 7) is 1.57. The molecule has 5 heteroatoms. The Hall–Kier alpha value is -1.00. The summed E-state index contributed by atoms with van der Waals surface area (Å²) in [6.07, 6.45) is 0. The summed E-state index contributed by atoms with van der Waals surface area (Å²) in [7, 11) is 2.86. The van der Waals surface area contributed by atoms with Crippen molar-refractivity contribution in [2.24, 2.45) is 0 Å². The van der Waals surface area contributed by atoms with E-state index in [4.69, 9.17) is 26.2 Å². The first-order valence-electron chi connectivity index (χ1n) is 4.77. The standard InChI is InChI=1S/C11H14ClFO3/c1-6(5-14)9-10(12)7(13)4-8(15-2)11(9)16-3/h4,6,14H,5H2,1-3H3. The average Bonchev–Trinajstić information content (AvgIpc) is 2.30. The van der Waals surface area contributed by atoms with Crippen molar-refractivity contribution < 1.29 is 19.0 Å². The van der Waals surface area contributed by atoms with Crippen LogP contribution in [0.15, 0.2) is 6.07 Å². The molecule has 16 heavy (non-hydrogen) atoms. The fourth-order valence-electron chi connectivity index (χ4n) is 1.50. The maximum atomic E-state index is 13.5. The van der Waals surface area contributed by atoms with Crippen LogP contribution in [0.2, 0.25) is 5.02 Å². The van der Waals surface area contributed by atoms with Gasteiger partial charge < -0.3 is 14.6 Å². The molecule has 1 N–H and O–H groups in total. The van der Waals surface area contributed by atoms with Crippen molar-refractivity contribution >= 4 is 11.6 Å². The summed E-state index contributed by atoms with van der Waals surface area (Å²) >= 11 is 5.86. The summed E-state index contributed by atoms with van der Waals surface area (Å²) in [5.41, 5.74) is 0.420. The molecule has 1 atom stereocenters. The number of aliphatic hydroxyl groups excluding tert-OH is 1. The lowest BCUT2D eigenvalue weighted by Gasteiger charge is -2.18. The fourth-order valence-corrected chi connectivity index (χ4v) is 1.83. The topological polar surface area (TPSA) is 38.7 Å². The van der Waals surface area contributed by atoms with E-state index < -0.39 is 5.82 Å². The number of hydrogen-bond acceptors (Lipinski definition) is 3. The molecule has 0 amide bonds. The highest BCUT2D eigenvalue weighted by Crippen LogP contribution is 2.41. The molecule has 1 unspecified atom stereocenters. The Morgan fingerprint density at radius 2 is 2.06 bits per heavy atom. The van der Waals surface area contributed by atoms with Crippen LogP contribution in [0.25, 0.3) is 0 Å². The molecule has 0 radical (unpaired) electrons. The smallest absolute Gasteiger partial charge is 0.165 e. The molecule has 90 valence electrons. The van der Waals surface area contributed by atoms with E-state index in [1.54, 1.807) is 6.92 Å². The van der Waals surface area contributed by atoms with Crippen LogP contribution in [-0.2, 0) is 0 Å². The van der Waals surface area contributed by atoms with Gasteiger partial charge in [-0.1, -0.05) is 18.5 Å². The van der Waals surface area contributed by atoms with Gasteiger partial charge in [-0.25, -0.2) is 4.39 Å². The second-order valence-electron chi connectivity index (χ2n) is 3.41. The highest BCUT2D eigenvalue weighted by molar-refractivity contribution is 6.31. The molecular formula is C11H14ClFO3. The molecule has 0 spiro atoms. The normalized spacial score (nSPS) is 12.4. The van der Waals surface area contributed by atoms with Crippen LogP contribution in [0.3, 0.4) is 0 Å². The van der Waals surface area contributed by atoms with Crippen molar-refractivity contribution in [3.63, 3.8) is 0 Å². The number of benzene rings is 1. The maximum absolute atomic E-state index is 13.5. The van der Waals surface area contributed by atoms with Crippen molar-refractivity contribution in [3.05, 3.63) is 22.5 Å². The monoisotopic (exact) mass is 248 g/mol. The summed E-state index contributed by atoms with van der Waals surface area (Å²) < 4.78 is 23.6. The van der Waals surface area contributed by atoms with E-state index in [0.717, 1.165) is 6.07 Å². The minimum absolute atomic E-state index is 0.0424. The van der Waals surface area contributed by atoms with Crippen molar-refractivity contribution in [3.8, 4) is 11.5 Å². The minimum Gasteiger partial charge on any atom is -0.493 e. The number of rotatable bonds is 4. The molecule has 0 aliphatic heterocycles. The van der Waals surface area contributed by atoms with E-state index in [-0.39, 0.29) is 23.3 Å². The van der Waals surface area contributed by atoms with E-state index in [1.165, 1.54) is 14.2 Å². The van der Waals surface area contributed by atoms with Crippen LogP contribution in [0.1, 0.15) is 18.4 Å². The van der Waals surface area contributed by atoms with Crippen LogP contribution in [-0.4, -0.2) is 25.9 Å². The molecule has 0 fully saturated rings. The van der Waals surface area contributed by atoms with Gasteiger partial charge in [0, 0.05) is 24.2 Å².